The van der Waals surface area contributed by atoms with Crippen molar-refractivity contribution in [3.63, 3.8) is 0 Å². The molecule has 3 rings (SSSR count). The molecule has 3 nitrogen and oxygen atoms in total. The molecule has 2 aromatic rings. The third kappa shape index (κ3) is 2.76. The van der Waals surface area contributed by atoms with Gasteiger partial charge in [0, 0.05) is 24.2 Å². The van der Waals surface area contributed by atoms with Crippen LogP contribution < -0.4 is 0 Å². The van der Waals surface area contributed by atoms with E-state index in [1.165, 1.54) is 29.9 Å². The summed E-state index contributed by atoms with van der Waals surface area (Å²) >= 11 is 1.79. The van der Waals surface area contributed by atoms with Crippen LogP contribution in [0.25, 0.3) is 5.69 Å². The van der Waals surface area contributed by atoms with Crippen LogP contribution in [0.1, 0.15) is 24.2 Å². The second-order valence-electron chi connectivity index (χ2n) is 5.01. The van der Waals surface area contributed by atoms with Crippen LogP contribution in [0.5, 0.6) is 0 Å². The summed E-state index contributed by atoms with van der Waals surface area (Å²) in [6.07, 6.45) is 4.80. The topological polar surface area (TPSA) is 27.1 Å². The van der Waals surface area contributed by atoms with Gasteiger partial charge in [-0.1, -0.05) is 30.0 Å². The second-order valence-corrected chi connectivity index (χ2v) is 6.07. The number of aryl methyl sites for hydroxylation is 1. The van der Waals surface area contributed by atoms with Crippen molar-refractivity contribution in [3.8, 4) is 5.69 Å². The molecule has 0 saturated carbocycles. The summed E-state index contributed by atoms with van der Waals surface area (Å²) in [5.41, 5.74) is 3.92. The molecule has 0 atom stereocenters. The van der Waals surface area contributed by atoms with Crippen molar-refractivity contribution in [2.75, 3.05) is 19.5 Å². The van der Waals surface area contributed by atoms with E-state index in [-0.39, 0.29) is 0 Å². The summed E-state index contributed by atoms with van der Waals surface area (Å²) < 4.78 is 7.50. The first-order valence-electron chi connectivity index (χ1n) is 7.18. The normalized spacial score (nSPS) is 14.2. The highest BCUT2D eigenvalue weighted by Crippen LogP contribution is 2.30. The highest BCUT2D eigenvalue weighted by atomic mass is 32.2. The predicted molar refractivity (Wildman–Crippen MR) is 82.8 cm³/mol. The molecule has 1 aliphatic rings. The summed E-state index contributed by atoms with van der Waals surface area (Å²) in [6, 6.07) is 10.6. The molecule has 0 unspecified atom stereocenters. The van der Waals surface area contributed by atoms with E-state index in [0.29, 0.717) is 0 Å². The minimum atomic E-state index is 0.761. The quantitative estimate of drug-likeness (QED) is 0.622. The van der Waals surface area contributed by atoms with Crippen molar-refractivity contribution in [1.82, 2.24) is 9.55 Å². The Balaban J connectivity index is 1.98. The van der Waals surface area contributed by atoms with Crippen molar-refractivity contribution in [1.29, 1.82) is 0 Å². The van der Waals surface area contributed by atoms with Crippen LogP contribution in [0.3, 0.4) is 0 Å². The minimum absolute atomic E-state index is 0.761. The number of methoxy groups -OCH3 is 1. The number of para-hydroxylation sites is 1. The van der Waals surface area contributed by atoms with E-state index < -0.39 is 0 Å². The molecule has 0 aliphatic heterocycles. The number of aromatic nitrogens is 2. The molecule has 4 heteroatoms. The van der Waals surface area contributed by atoms with E-state index in [2.05, 4.69) is 34.9 Å². The Labute approximate surface area is 124 Å². The first kappa shape index (κ1) is 13.7. The Bertz CT molecular complexity index is 565. The number of benzene rings is 1. The van der Waals surface area contributed by atoms with E-state index in [1.807, 2.05) is 0 Å². The lowest BCUT2D eigenvalue weighted by Gasteiger charge is -2.15. The summed E-state index contributed by atoms with van der Waals surface area (Å²) in [4.78, 5) is 4.87. The third-order valence-electron chi connectivity index (χ3n) is 3.64. The van der Waals surface area contributed by atoms with Gasteiger partial charge in [0.2, 0.25) is 0 Å². The van der Waals surface area contributed by atoms with Crippen LogP contribution in [0.2, 0.25) is 0 Å². The van der Waals surface area contributed by atoms with Crippen molar-refractivity contribution >= 4 is 11.8 Å². The number of hydrogen-bond acceptors (Lipinski definition) is 3. The Kier molecular flexibility index (Phi) is 4.43. The average molecular weight is 288 g/mol. The molecule has 1 heterocycles. The van der Waals surface area contributed by atoms with Gasteiger partial charge in [-0.05, 0) is 37.8 Å². The second kappa shape index (κ2) is 6.46. The van der Waals surface area contributed by atoms with Crippen LogP contribution >= 0.6 is 11.8 Å². The molecule has 20 heavy (non-hydrogen) atoms. The fourth-order valence-corrected chi connectivity index (χ4v) is 3.62. The molecule has 0 fully saturated rings. The summed E-state index contributed by atoms with van der Waals surface area (Å²) in [6.45, 7) is 0.761. The SMILES string of the molecule is COCCSc1nc2c(n1-c1ccccc1)CCCC2. The molecule has 0 saturated heterocycles. The van der Waals surface area contributed by atoms with Crippen LogP contribution in [-0.4, -0.2) is 29.0 Å². The molecular weight excluding hydrogens is 268 g/mol. The van der Waals surface area contributed by atoms with E-state index >= 15 is 0 Å². The van der Waals surface area contributed by atoms with Gasteiger partial charge in [-0.25, -0.2) is 4.98 Å². The summed E-state index contributed by atoms with van der Waals surface area (Å²) in [7, 11) is 1.75. The lowest BCUT2D eigenvalue weighted by molar-refractivity contribution is 0.218. The van der Waals surface area contributed by atoms with Gasteiger partial charge in [0.15, 0.2) is 5.16 Å². The highest BCUT2D eigenvalue weighted by molar-refractivity contribution is 7.99. The summed E-state index contributed by atoms with van der Waals surface area (Å²) in [5.74, 6) is 0.944. The van der Waals surface area contributed by atoms with Gasteiger partial charge in [-0.15, -0.1) is 0 Å². The zero-order valence-electron chi connectivity index (χ0n) is 11.8. The maximum atomic E-state index is 5.15. The van der Waals surface area contributed by atoms with Gasteiger partial charge < -0.3 is 4.74 Å². The van der Waals surface area contributed by atoms with Gasteiger partial charge in [0.05, 0.1) is 12.3 Å². The van der Waals surface area contributed by atoms with Crippen LogP contribution in [-0.2, 0) is 17.6 Å². The molecule has 106 valence electrons. The van der Waals surface area contributed by atoms with Gasteiger partial charge >= 0.3 is 0 Å². The summed E-state index contributed by atoms with van der Waals surface area (Å²) in [5, 5.41) is 1.11. The first-order valence-corrected chi connectivity index (χ1v) is 8.16. The molecule has 0 bridgehead atoms. The Morgan fingerprint density at radius 1 is 1.20 bits per heavy atom. The largest absolute Gasteiger partial charge is 0.384 e. The number of hydrogen-bond donors (Lipinski definition) is 0. The van der Waals surface area contributed by atoms with Crippen LogP contribution in [0.15, 0.2) is 35.5 Å². The number of rotatable bonds is 5. The Morgan fingerprint density at radius 2 is 2.00 bits per heavy atom. The maximum absolute atomic E-state index is 5.15. The van der Waals surface area contributed by atoms with Crippen molar-refractivity contribution in [3.05, 3.63) is 41.7 Å². The van der Waals surface area contributed by atoms with E-state index in [1.54, 1.807) is 18.9 Å². The molecule has 0 radical (unpaired) electrons. The Morgan fingerprint density at radius 3 is 2.80 bits per heavy atom. The van der Waals surface area contributed by atoms with Crippen molar-refractivity contribution in [2.45, 2.75) is 30.8 Å². The Hall–Kier alpha value is -1.26. The fourth-order valence-electron chi connectivity index (χ4n) is 2.67. The van der Waals surface area contributed by atoms with Gasteiger partial charge in [-0.2, -0.15) is 0 Å². The molecule has 0 amide bonds. The number of nitrogens with zero attached hydrogens (tertiary/aromatic N) is 2. The van der Waals surface area contributed by atoms with E-state index in [9.17, 15) is 0 Å². The van der Waals surface area contributed by atoms with E-state index in [4.69, 9.17) is 9.72 Å². The maximum Gasteiger partial charge on any atom is 0.173 e. The van der Waals surface area contributed by atoms with Crippen molar-refractivity contribution in [2.24, 2.45) is 0 Å². The fraction of sp³-hybridized carbons (Fsp3) is 0.438. The lowest BCUT2D eigenvalue weighted by Crippen LogP contribution is -2.07. The highest BCUT2D eigenvalue weighted by Gasteiger charge is 2.20. The number of fused-ring (bicyclic) bond motifs is 1. The smallest absolute Gasteiger partial charge is 0.173 e. The first-order chi connectivity index (χ1) is 9.90. The molecule has 1 aromatic heterocycles. The van der Waals surface area contributed by atoms with Crippen molar-refractivity contribution < 1.29 is 4.74 Å². The zero-order chi connectivity index (χ0) is 13.8. The number of thioether (sulfide) groups is 1. The molecule has 0 N–H and O–H groups in total. The minimum Gasteiger partial charge on any atom is -0.384 e. The standard InChI is InChI=1S/C16H20N2OS/c1-19-11-12-20-16-17-14-9-5-6-10-15(14)18(16)13-7-3-2-4-8-13/h2-4,7-8H,5-6,9-12H2,1H3. The van der Waals surface area contributed by atoms with Crippen LogP contribution in [0.4, 0.5) is 0 Å². The van der Waals surface area contributed by atoms with E-state index in [0.717, 1.165) is 30.4 Å². The third-order valence-corrected chi connectivity index (χ3v) is 4.54. The monoisotopic (exact) mass is 288 g/mol. The predicted octanol–water partition coefficient (Wildman–Crippen LogP) is 3.49. The molecule has 1 aliphatic carbocycles. The van der Waals surface area contributed by atoms with Crippen LogP contribution in [0, 0.1) is 0 Å². The lowest BCUT2D eigenvalue weighted by atomic mass is 10.0. The van der Waals surface area contributed by atoms with Gasteiger partial charge in [0.1, 0.15) is 0 Å². The number of imidazole rings is 1. The average Bonchev–Trinajstić information content (AvgIpc) is 2.86. The van der Waals surface area contributed by atoms with Gasteiger partial charge in [-0.3, -0.25) is 4.57 Å². The molecule has 0 spiro atoms. The molecular formula is C16H20N2OS. The zero-order valence-corrected chi connectivity index (χ0v) is 12.7. The molecule has 1 aromatic carbocycles. The van der Waals surface area contributed by atoms with Gasteiger partial charge in [0.25, 0.3) is 0 Å². The number of ether oxygens (including phenoxy) is 1.